The molecule has 0 aliphatic carbocycles. The molecule has 2 nitrogen and oxygen atoms in total. The highest BCUT2D eigenvalue weighted by Gasteiger charge is 2.08. The lowest BCUT2D eigenvalue weighted by Gasteiger charge is -2.08. The molecule has 0 spiro atoms. The van der Waals surface area contributed by atoms with E-state index in [1.54, 1.807) is 0 Å². The van der Waals surface area contributed by atoms with Gasteiger partial charge in [-0.3, -0.25) is 4.79 Å². The third-order valence-electron chi connectivity index (χ3n) is 3.41. The summed E-state index contributed by atoms with van der Waals surface area (Å²) in [7, 11) is 0. The standard InChI is InChI=1S/C18H21NO/c1-13-7-14(2)9-15(8-13)10-18(20)11-16-5-3-4-6-17(16)12-19/h3-9H,10-12,19H2,1-2H3. The molecule has 0 aliphatic rings. The number of carbonyl (C=O) groups is 1. The lowest BCUT2D eigenvalue weighted by atomic mass is 9.97. The van der Waals surface area contributed by atoms with E-state index in [4.69, 9.17) is 5.73 Å². The van der Waals surface area contributed by atoms with Gasteiger partial charge in [-0.2, -0.15) is 0 Å². The third-order valence-corrected chi connectivity index (χ3v) is 3.41. The van der Waals surface area contributed by atoms with E-state index in [0.29, 0.717) is 19.4 Å². The monoisotopic (exact) mass is 267 g/mol. The molecule has 0 radical (unpaired) electrons. The van der Waals surface area contributed by atoms with Crippen LogP contribution in [0, 0.1) is 13.8 Å². The SMILES string of the molecule is Cc1cc(C)cc(CC(=O)Cc2ccccc2CN)c1. The smallest absolute Gasteiger partial charge is 0.141 e. The Morgan fingerprint density at radius 1 is 0.950 bits per heavy atom. The Bertz CT molecular complexity index is 596. The summed E-state index contributed by atoms with van der Waals surface area (Å²) in [5.74, 6) is 0.232. The summed E-state index contributed by atoms with van der Waals surface area (Å²) in [6.45, 7) is 4.60. The van der Waals surface area contributed by atoms with Crippen LogP contribution in [0.3, 0.4) is 0 Å². The number of benzene rings is 2. The molecule has 0 atom stereocenters. The van der Waals surface area contributed by atoms with Crippen LogP contribution in [0.4, 0.5) is 0 Å². The minimum Gasteiger partial charge on any atom is -0.326 e. The quantitative estimate of drug-likeness (QED) is 0.904. The van der Waals surface area contributed by atoms with Crippen molar-refractivity contribution in [3.8, 4) is 0 Å². The molecule has 0 heterocycles. The van der Waals surface area contributed by atoms with Gasteiger partial charge in [-0.05, 0) is 30.5 Å². The summed E-state index contributed by atoms with van der Waals surface area (Å²) < 4.78 is 0. The van der Waals surface area contributed by atoms with Crippen LogP contribution in [0.5, 0.6) is 0 Å². The highest BCUT2D eigenvalue weighted by molar-refractivity contribution is 5.83. The molecule has 2 aromatic rings. The molecule has 0 aromatic heterocycles. The highest BCUT2D eigenvalue weighted by atomic mass is 16.1. The van der Waals surface area contributed by atoms with Crippen molar-refractivity contribution in [2.75, 3.05) is 0 Å². The summed E-state index contributed by atoms with van der Waals surface area (Å²) in [6, 6.07) is 14.2. The molecule has 0 amide bonds. The molecule has 0 aliphatic heterocycles. The van der Waals surface area contributed by atoms with E-state index in [0.717, 1.165) is 16.7 Å². The number of nitrogens with two attached hydrogens (primary N) is 1. The molecule has 0 fully saturated rings. The van der Waals surface area contributed by atoms with Gasteiger partial charge in [0.1, 0.15) is 5.78 Å². The van der Waals surface area contributed by atoms with Crippen LogP contribution in [-0.4, -0.2) is 5.78 Å². The zero-order valence-corrected chi connectivity index (χ0v) is 12.1. The van der Waals surface area contributed by atoms with Gasteiger partial charge >= 0.3 is 0 Å². The molecule has 2 aromatic carbocycles. The minimum absolute atomic E-state index is 0.232. The fourth-order valence-electron chi connectivity index (χ4n) is 2.60. The maximum Gasteiger partial charge on any atom is 0.141 e. The molecular weight excluding hydrogens is 246 g/mol. The average molecular weight is 267 g/mol. The van der Waals surface area contributed by atoms with Crippen molar-refractivity contribution < 1.29 is 4.79 Å². The summed E-state index contributed by atoms with van der Waals surface area (Å²) in [5, 5.41) is 0. The number of aryl methyl sites for hydroxylation is 2. The molecule has 2 rings (SSSR count). The van der Waals surface area contributed by atoms with Gasteiger partial charge in [-0.1, -0.05) is 53.6 Å². The van der Waals surface area contributed by atoms with E-state index in [1.807, 2.05) is 24.3 Å². The van der Waals surface area contributed by atoms with Gasteiger partial charge in [0, 0.05) is 19.4 Å². The van der Waals surface area contributed by atoms with Crippen LogP contribution in [0.25, 0.3) is 0 Å². The Hall–Kier alpha value is -1.93. The molecule has 0 saturated heterocycles. The van der Waals surface area contributed by atoms with Crippen LogP contribution in [0.2, 0.25) is 0 Å². The molecule has 2 N–H and O–H groups in total. The Morgan fingerprint density at radius 2 is 1.55 bits per heavy atom. The van der Waals surface area contributed by atoms with Crippen molar-refractivity contribution >= 4 is 5.78 Å². The van der Waals surface area contributed by atoms with Gasteiger partial charge in [0.15, 0.2) is 0 Å². The Labute approximate surface area is 120 Å². The van der Waals surface area contributed by atoms with E-state index in [9.17, 15) is 4.79 Å². The fraction of sp³-hybridized carbons (Fsp3) is 0.278. The molecule has 20 heavy (non-hydrogen) atoms. The fourth-order valence-corrected chi connectivity index (χ4v) is 2.60. The van der Waals surface area contributed by atoms with Crippen molar-refractivity contribution in [3.05, 3.63) is 70.3 Å². The lowest BCUT2D eigenvalue weighted by molar-refractivity contribution is -0.117. The van der Waals surface area contributed by atoms with Gasteiger partial charge in [0.05, 0.1) is 0 Å². The normalized spacial score (nSPS) is 10.6. The van der Waals surface area contributed by atoms with Gasteiger partial charge in [0.25, 0.3) is 0 Å². The minimum atomic E-state index is 0.232. The third kappa shape index (κ3) is 3.78. The van der Waals surface area contributed by atoms with Crippen LogP contribution < -0.4 is 5.73 Å². The molecule has 0 saturated carbocycles. The Balaban J connectivity index is 2.09. The maximum atomic E-state index is 12.2. The predicted octanol–water partition coefficient (Wildman–Crippen LogP) is 3.12. The first-order valence-corrected chi connectivity index (χ1v) is 6.94. The number of hydrogen-bond acceptors (Lipinski definition) is 2. The van der Waals surface area contributed by atoms with Crippen molar-refractivity contribution in [3.63, 3.8) is 0 Å². The summed E-state index contributed by atoms with van der Waals surface area (Å²) in [6.07, 6.45) is 0.946. The first-order chi connectivity index (χ1) is 9.58. The van der Waals surface area contributed by atoms with Crippen molar-refractivity contribution in [1.82, 2.24) is 0 Å². The molecule has 0 unspecified atom stereocenters. The topological polar surface area (TPSA) is 43.1 Å². The Morgan fingerprint density at radius 3 is 2.15 bits per heavy atom. The van der Waals surface area contributed by atoms with E-state index in [-0.39, 0.29) is 5.78 Å². The van der Waals surface area contributed by atoms with Crippen LogP contribution in [-0.2, 0) is 24.2 Å². The van der Waals surface area contributed by atoms with Crippen LogP contribution in [0.15, 0.2) is 42.5 Å². The second kappa shape index (κ2) is 6.49. The first-order valence-electron chi connectivity index (χ1n) is 6.94. The number of ketones is 1. The number of rotatable bonds is 5. The zero-order chi connectivity index (χ0) is 14.5. The first kappa shape index (κ1) is 14.5. The van der Waals surface area contributed by atoms with Crippen molar-refractivity contribution in [2.45, 2.75) is 33.2 Å². The Kier molecular flexibility index (Phi) is 4.70. The summed E-state index contributed by atoms with van der Waals surface area (Å²) >= 11 is 0. The van der Waals surface area contributed by atoms with E-state index in [2.05, 4.69) is 32.0 Å². The summed E-state index contributed by atoms with van der Waals surface area (Å²) in [5.41, 5.74) is 11.3. The number of hydrogen-bond donors (Lipinski definition) is 1. The van der Waals surface area contributed by atoms with E-state index >= 15 is 0 Å². The second-order valence-electron chi connectivity index (χ2n) is 5.36. The molecular formula is C18H21NO. The van der Waals surface area contributed by atoms with E-state index < -0.39 is 0 Å². The predicted molar refractivity (Wildman–Crippen MR) is 82.7 cm³/mol. The van der Waals surface area contributed by atoms with Gasteiger partial charge in [0.2, 0.25) is 0 Å². The zero-order valence-electron chi connectivity index (χ0n) is 12.1. The highest BCUT2D eigenvalue weighted by Crippen LogP contribution is 2.13. The molecule has 0 bridgehead atoms. The number of carbonyl (C=O) groups excluding carboxylic acids is 1. The van der Waals surface area contributed by atoms with Gasteiger partial charge < -0.3 is 5.73 Å². The van der Waals surface area contributed by atoms with Gasteiger partial charge in [-0.15, -0.1) is 0 Å². The average Bonchev–Trinajstić information content (AvgIpc) is 2.37. The summed E-state index contributed by atoms with van der Waals surface area (Å²) in [4.78, 5) is 12.2. The maximum absolute atomic E-state index is 12.2. The second-order valence-corrected chi connectivity index (χ2v) is 5.36. The van der Waals surface area contributed by atoms with Gasteiger partial charge in [-0.25, -0.2) is 0 Å². The lowest BCUT2D eigenvalue weighted by Crippen LogP contribution is -2.10. The van der Waals surface area contributed by atoms with E-state index in [1.165, 1.54) is 11.1 Å². The number of Topliss-reactive ketones (excluding diaryl/α,β-unsaturated/α-hetero) is 1. The van der Waals surface area contributed by atoms with Crippen LogP contribution in [0.1, 0.15) is 27.8 Å². The molecule has 2 heteroatoms. The van der Waals surface area contributed by atoms with Crippen molar-refractivity contribution in [1.29, 1.82) is 0 Å². The largest absolute Gasteiger partial charge is 0.326 e. The van der Waals surface area contributed by atoms with Crippen LogP contribution >= 0.6 is 0 Å². The van der Waals surface area contributed by atoms with Crippen molar-refractivity contribution in [2.24, 2.45) is 5.73 Å². The molecule has 104 valence electrons.